The minimum atomic E-state index is -4.88. The Hall–Kier alpha value is -4.29. The topological polar surface area (TPSA) is 135 Å². The minimum absolute atomic E-state index is 0.172. The van der Waals surface area contributed by atoms with Crippen LogP contribution in [0.15, 0.2) is 71.9 Å². The van der Waals surface area contributed by atoms with Crippen LogP contribution >= 0.6 is 0 Å². The van der Waals surface area contributed by atoms with E-state index in [-0.39, 0.29) is 23.1 Å². The van der Waals surface area contributed by atoms with Gasteiger partial charge in [-0.2, -0.15) is 4.98 Å². The number of ether oxygens (including phenoxy) is 4. The van der Waals surface area contributed by atoms with Gasteiger partial charge in [-0.15, -0.1) is 0 Å². The van der Waals surface area contributed by atoms with Gasteiger partial charge in [0.15, 0.2) is 23.1 Å². The maximum absolute atomic E-state index is 14.0. The Morgan fingerprint density at radius 3 is 2.26 bits per heavy atom. The Balaban J connectivity index is 1.94. The summed E-state index contributed by atoms with van der Waals surface area (Å²) in [4.78, 5) is 16.0. The summed E-state index contributed by atoms with van der Waals surface area (Å²) in [6, 6.07) is 9.88. The van der Waals surface area contributed by atoms with E-state index in [4.69, 9.17) is 38.1 Å². The van der Waals surface area contributed by atoms with Crippen LogP contribution in [0.25, 0.3) is 11.6 Å². The summed E-state index contributed by atoms with van der Waals surface area (Å²) in [5.74, 6) is -3.22. The summed E-state index contributed by atoms with van der Waals surface area (Å²) in [5, 5.41) is 0. The largest absolute Gasteiger partial charge is 0.493 e. The van der Waals surface area contributed by atoms with Crippen molar-refractivity contribution in [3.63, 3.8) is 0 Å². The van der Waals surface area contributed by atoms with Crippen molar-refractivity contribution < 1.29 is 46.6 Å². The maximum Gasteiger partial charge on any atom is 0.263 e. The lowest BCUT2D eigenvalue weighted by Gasteiger charge is -2.21. The molecule has 12 heteroatoms. The van der Waals surface area contributed by atoms with Crippen molar-refractivity contribution in [1.29, 1.82) is 0 Å². The van der Waals surface area contributed by atoms with Crippen molar-refractivity contribution >= 4 is 15.8 Å². The lowest BCUT2D eigenvalue weighted by Crippen LogP contribution is -2.23. The number of methoxy groups -OCH3 is 1. The molecule has 11 nitrogen and oxygen atoms in total. The van der Waals surface area contributed by atoms with E-state index >= 15 is 0 Å². The molecular weight excluding hydrogens is 570 g/mol. The molecule has 4 rings (SSSR count). The molecule has 0 radical (unpaired) electrons. The van der Waals surface area contributed by atoms with E-state index in [1.165, 1.54) is 42.7 Å². The number of nitrogens with one attached hydrogen (secondary N) is 1. The van der Waals surface area contributed by atoms with Gasteiger partial charge in [-0.05, 0) is 62.1 Å². The molecule has 0 aliphatic carbocycles. The lowest BCUT2D eigenvalue weighted by atomic mass is 9.87. The van der Waals surface area contributed by atoms with E-state index in [1.54, 1.807) is 20.8 Å². The summed E-state index contributed by atoms with van der Waals surface area (Å²) < 4.78 is 164. The second-order valence-corrected chi connectivity index (χ2v) is 11.5. The van der Waals surface area contributed by atoms with Crippen LogP contribution in [0, 0.1) is 0 Å². The number of hydrogen-bond donors (Lipinski definition) is 1. The molecule has 0 unspecified atom stereocenters. The monoisotopic (exact) mass is 621 g/mol. The van der Waals surface area contributed by atoms with Crippen molar-refractivity contribution in [1.82, 2.24) is 19.9 Å². The highest BCUT2D eigenvalue weighted by molar-refractivity contribution is 7.92. The average molecular weight is 622 g/mol. The van der Waals surface area contributed by atoms with E-state index in [0.29, 0.717) is 0 Å². The van der Waals surface area contributed by atoms with E-state index in [9.17, 15) is 8.42 Å². The molecule has 228 valence electrons. The Kier molecular flexibility index (Phi) is 5.33. The molecule has 43 heavy (non-hydrogen) atoms. The second-order valence-electron chi connectivity index (χ2n) is 9.78. The van der Waals surface area contributed by atoms with Gasteiger partial charge in [0.05, 0.1) is 30.9 Å². The molecule has 0 aliphatic heterocycles. The third-order valence-electron chi connectivity index (χ3n) is 5.25. The zero-order chi connectivity index (χ0) is 43.0. The third kappa shape index (κ3) is 8.39. The summed E-state index contributed by atoms with van der Waals surface area (Å²) in [7, 11) is -7.85. The van der Waals surface area contributed by atoms with Gasteiger partial charge in [-0.1, -0.05) is 44.8 Å². The molecule has 0 spiro atoms. The molecular formula is C31H37N5O6S. The number of nitrogens with zero attached hydrogens (tertiary/aromatic N) is 4. The van der Waals surface area contributed by atoms with Crippen molar-refractivity contribution in [2.75, 3.05) is 24.9 Å². The summed E-state index contributed by atoms with van der Waals surface area (Å²) >= 11 is 0. The van der Waals surface area contributed by atoms with E-state index in [0.717, 1.165) is 24.3 Å². The van der Waals surface area contributed by atoms with Crippen LogP contribution in [0.5, 0.6) is 23.1 Å². The first-order valence-corrected chi connectivity index (χ1v) is 14.0. The number of benzene rings is 2. The number of anilines is 1. The molecule has 0 saturated carbocycles. The molecule has 1 N–H and O–H groups in total. The first-order valence-electron chi connectivity index (χ1n) is 19.5. The van der Waals surface area contributed by atoms with Gasteiger partial charge < -0.3 is 18.9 Å². The number of rotatable bonds is 11. The van der Waals surface area contributed by atoms with Crippen LogP contribution in [0.1, 0.15) is 66.1 Å². The van der Waals surface area contributed by atoms with Crippen molar-refractivity contribution in [3.8, 4) is 34.8 Å². The van der Waals surface area contributed by atoms with Gasteiger partial charge in [0.1, 0.15) is 6.61 Å². The summed E-state index contributed by atoms with van der Waals surface area (Å²) in [6.07, 6.45) is 2.64. The van der Waals surface area contributed by atoms with Crippen molar-refractivity contribution in [2.24, 2.45) is 0 Å². The van der Waals surface area contributed by atoms with Gasteiger partial charge in [-0.25, -0.2) is 23.4 Å². The van der Waals surface area contributed by atoms with Crippen LogP contribution in [0.2, 0.25) is 0 Å². The fraction of sp³-hybridized carbons (Fsp3) is 0.355. The first-order chi connectivity index (χ1) is 25.9. The average Bonchev–Trinajstić information content (AvgIpc) is 3.02. The van der Waals surface area contributed by atoms with Crippen LogP contribution in [-0.2, 0) is 20.2 Å². The van der Waals surface area contributed by atoms with Crippen LogP contribution in [0.4, 0.5) is 5.82 Å². The normalized spacial score (nSPS) is 18.4. The zero-order valence-corrected chi connectivity index (χ0v) is 24.0. The Morgan fingerprint density at radius 2 is 1.60 bits per heavy atom. The zero-order valence-electron chi connectivity index (χ0n) is 37.2. The Labute approximate surface area is 272 Å². The highest BCUT2D eigenvalue weighted by atomic mass is 32.2. The maximum atomic E-state index is 14.0. The van der Waals surface area contributed by atoms with Crippen LogP contribution < -0.4 is 18.9 Å². The van der Waals surface area contributed by atoms with E-state index < -0.39 is 89.7 Å². The fourth-order valence-electron chi connectivity index (χ4n) is 3.35. The predicted molar refractivity (Wildman–Crippen MR) is 163 cm³/mol. The highest BCUT2D eigenvalue weighted by Gasteiger charge is 2.26. The Bertz CT molecular complexity index is 2110. The third-order valence-corrected chi connectivity index (χ3v) is 6.60. The van der Waals surface area contributed by atoms with E-state index in [1.807, 2.05) is 0 Å². The molecule has 0 fully saturated rings. The Morgan fingerprint density at radius 1 is 0.907 bits per heavy atom. The number of hydrogen-bond acceptors (Lipinski definition) is 10. The molecule has 4 aromatic rings. The van der Waals surface area contributed by atoms with Crippen molar-refractivity contribution in [3.05, 3.63) is 72.6 Å². The molecule has 0 saturated heterocycles. The highest BCUT2D eigenvalue weighted by Crippen LogP contribution is 2.41. The number of aromatic nitrogens is 4. The molecule has 0 atom stereocenters. The fourth-order valence-corrected chi connectivity index (χ4v) is 4.35. The quantitative estimate of drug-likeness (QED) is 0.212. The van der Waals surface area contributed by atoms with Gasteiger partial charge in [0, 0.05) is 24.7 Å². The number of sulfonamides is 1. The van der Waals surface area contributed by atoms with Gasteiger partial charge in [0.25, 0.3) is 15.9 Å². The van der Waals surface area contributed by atoms with Crippen molar-refractivity contribution in [2.45, 2.75) is 57.2 Å². The van der Waals surface area contributed by atoms with Gasteiger partial charge in [0.2, 0.25) is 11.6 Å². The molecule has 2 aromatic heterocycles. The van der Waals surface area contributed by atoms with Gasteiger partial charge in [-0.3, -0.25) is 4.72 Å². The SMILES string of the molecule is [2H]C([2H])([2H])Oc1ccccc1Oc1c(NS(=O)(=O)c2ccc(C(C([2H])([2H])[2H])(C([2H])([2H])[2H])C([2H])([2H])[2H])cc2)nc(-c2ncccn2)nc1OCC([2H])([2H])OC(C)(C)C. The number of para-hydroxylation sites is 2. The second kappa shape index (κ2) is 12.9. The smallest absolute Gasteiger partial charge is 0.263 e. The van der Waals surface area contributed by atoms with Crippen LogP contribution in [0.3, 0.4) is 0 Å². The first kappa shape index (κ1) is 17.7. The molecule has 2 aromatic carbocycles. The molecule has 0 amide bonds. The predicted octanol–water partition coefficient (Wildman–Crippen LogP) is 6.03. The standard InChI is InChI=1S/C31H37N5O6S/c1-30(2,3)21-13-15-22(16-14-21)43(37,38)36-26-25(42-24-12-9-8-11-23(24)39-7)29(40-19-20-41-31(4,5)6)35-28(34-26)27-32-17-10-18-33-27/h8-18H,19-20H2,1-7H3,(H,34,35,36)/i1D3,2D3,3D3,7D3,20D2. The summed E-state index contributed by atoms with van der Waals surface area (Å²) in [5.41, 5.74) is -5.14. The molecule has 0 bridgehead atoms. The molecule has 2 heterocycles. The summed E-state index contributed by atoms with van der Waals surface area (Å²) in [6.45, 7) is -9.44. The molecule has 0 aliphatic rings. The lowest BCUT2D eigenvalue weighted by molar-refractivity contribution is -0.0170. The van der Waals surface area contributed by atoms with E-state index in [2.05, 4.69) is 24.7 Å². The van der Waals surface area contributed by atoms with Gasteiger partial charge >= 0.3 is 0 Å². The van der Waals surface area contributed by atoms with Crippen LogP contribution in [-0.4, -0.2) is 54.2 Å². The minimum Gasteiger partial charge on any atom is -0.493 e.